The minimum absolute atomic E-state index is 0.0221. The van der Waals surface area contributed by atoms with Crippen LogP contribution in [0.5, 0.6) is 0 Å². The molecule has 1 fully saturated rings. The number of nitrogens with zero attached hydrogens (tertiary/aromatic N) is 3. The summed E-state index contributed by atoms with van der Waals surface area (Å²) in [6.45, 7) is 7.44. The van der Waals surface area contributed by atoms with Crippen molar-refractivity contribution in [3.05, 3.63) is 113 Å². The average molecular weight is 629 g/mol. The van der Waals surface area contributed by atoms with E-state index in [0.29, 0.717) is 37.1 Å². The highest BCUT2D eigenvalue weighted by molar-refractivity contribution is 6.02. The number of para-hydroxylation sites is 2. The monoisotopic (exact) mass is 628 g/mol. The van der Waals surface area contributed by atoms with Crippen molar-refractivity contribution in [1.29, 1.82) is 0 Å². The smallest absolute Gasteiger partial charge is 0.357 e. The van der Waals surface area contributed by atoms with Gasteiger partial charge in [-0.25, -0.2) is 0 Å². The zero-order valence-corrected chi connectivity index (χ0v) is 26.2. The second-order valence-corrected chi connectivity index (χ2v) is 13.1. The molecule has 1 saturated heterocycles. The molecule has 3 aliphatic rings. The molecular weight excluding hydrogens is 589 g/mol. The van der Waals surface area contributed by atoms with Crippen LogP contribution in [-0.2, 0) is 15.8 Å². The maximum Gasteiger partial charge on any atom is 0.416 e. The molecule has 2 aliphatic heterocycles. The number of alkyl halides is 3. The van der Waals surface area contributed by atoms with Gasteiger partial charge in [-0.05, 0) is 47.2 Å². The van der Waals surface area contributed by atoms with Crippen LogP contribution < -0.4 is 10.2 Å². The predicted octanol–water partition coefficient (Wildman–Crippen LogP) is 7.18. The quantitative estimate of drug-likeness (QED) is 0.314. The van der Waals surface area contributed by atoms with Gasteiger partial charge in [0.05, 0.1) is 29.5 Å². The van der Waals surface area contributed by atoms with E-state index in [2.05, 4.69) is 34.5 Å². The van der Waals surface area contributed by atoms with Gasteiger partial charge in [-0.15, -0.1) is 0 Å². The van der Waals surface area contributed by atoms with Crippen LogP contribution in [0.1, 0.15) is 49.4 Å². The molecule has 0 spiro atoms. The number of anilines is 2. The summed E-state index contributed by atoms with van der Waals surface area (Å²) >= 11 is 0. The number of benzene rings is 3. The number of hydrogen-bond donors (Lipinski definition) is 1. The molecule has 3 aromatic carbocycles. The Bertz CT molecular complexity index is 1640. The molecule has 46 heavy (non-hydrogen) atoms. The minimum atomic E-state index is -4.49. The van der Waals surface area contributed by atoms with Crippen molar-refractivity contribution < 1.29 is 22.8 Å². The average Bonchev–Trinajstić information content (AvgIpc) is 3.15. The lowest BCUT2D eigenvalue weighted by Crippen LogP contribution is -2.51. The van der Waals surface area contributed by atoms with Gasteiger partial charge in [-0.2, -0.15) is 13.2 Å². The van der Waals surface area contributed by atoms with E-state index in [1.807, 2.05) is 66.1 Å². The number of allylic oxidation sites excluding steroid dienone is 1. The summed E-state index contributed by atoms with van der Waals surface area (Å²) in [7, 11) is 0. The van der Waals surface area contributed by atoms with Gasteiger partial charge >= 0.3 is 6.18 Å². The van der Waals surface area contributed by atoms with Crippen LogP contribution in [0.15, 0.2) is 96.2 Å². The maximum atomic E-state index is 14.0. The van der Waals surface area contributed by atoms with Gasteiger partial charge in [-0.1, -0.05) is 80.6 Å². The molecule has 9 heteroatoms. The molecule has 6 nitrogen and oxygen atoms in total. The van der Waals surface area contributed by atoms with E-state index in [4.69, 9.17) is 0 Å². The molecule has 0 saturated carbocycles. The third-order valence-corrected chi connectivity index (χ3v) is 9.06. The minimum Gasteiger partial charge on any atom is -0.357 e. The Labute approximate surface area is 268 Å². The number of hydrogen-bond acceptors (Lipinski definition) is 5. The second-order valence-electron chi connectivity index (χ2n) is 13.1. The molecule has 1 atom stereocenters. The molecule has 1 unspecified atom stereocenters. The van der Waals surface area contributed by atoms with Gasteiger partial charge in [0.2, 0.25) is 5.91 Å². The molecule has 3 aromatic rings. The molecule has 1 amide bonds. The topological polar surface area (TPSA) is 55.9 Å². The fourth-order valence-electron chi connectivity index (χ4n) is 6.76. The lowest BCUT2D eigenvalue weighted by atomic mass is 9.73. The number of amides is 1. The Morgan fingerprint density at radius 1 is 0.913 bits per heavy atom. The molecule has 1 aliphatic carbocycles. The van der Waals surface area contributed by atoms with Gasteiger partial charge in [-0.3, -0.25) is 14.5 Å². The number of Topliss-reactive ketones (excluding diaryl/α,β-unsaturated/α-hetero) is 1. The fraction of sp³-hybridized carbons (Fsp3) is 0.351. The van der Waals surface area contributed by atoms with Gasteiger partial charge in [0.25, 0.3) is 0 Å². The van der Waals surface area contributed by atoms with E-state index in [-0.39, 0.29) is 23.7 Å². The summed E-state index contributed by atoms with van der Waals surface area (Å²) in [5.74, 6) is -0.148. The number of ketones is 1. The first kappa shape index (κ1) is 31.6. The summed E-state index contributed by atoms with van der Waals surface area (Å²) in [6.07, 6.45) is 0.655. The van der Waals surface area contributed by atoms with E-state index in [1.54, 1.807) is 0 Å². The number of carbonyl (C=O) groups is 2. The van der Waals surface area contributed by atoms with Crippen molar-refractivity contribution in [3.8, 4) is 0 Å². The standard InChI is InChI=1S/C37H39F3N4O2/c1-36(2)23-30-34(32(45)24-36)35(27-14-16-28(17-15-27)37(38,39)40)44(31-13-7-6-12-29(31)41-30)25-33(46)43-21-19-42(20-22-43)18-8-11-26-9-4-3-5-10-26/h3-17,35,41H,18-25H2,1-2H3/b11-8+. The summed E-state index contributed by atoms with van der Waals surface area (Å²) in [5, 5.41) is 3.50. The molecule has 0 aromatic heterocycles. The highest BCUT2D eigenvalue weighted by Gasteiger charge is 2.42. The molecule has 6 rings (SSSR count). The summed E-state index contributed by atoms with van der Waals surface area (Å²) in [6, 6.07) is 22.0. The number of nitrogens with one attached hydrogen (secondary N) is 1. The number of carbonyl (C=O) groups excluding carboxylic acids is 2. The Morgan fingerprint density at radius 2 is 1.59 bits per heavy atom. The third kappa shape index (κ3) is 6.89. The first-order chi connectivity index (χ1) is 22.0. The molecule has 1 N–H and O–H groups in total. The van der Waals surface area contributed by atoms with Crippen LogP contribution in [0.2, 0.25) is 0 Å². The number of halogens is 3. The zero-order chi connectivity index (χ0) is 32.5. The Morgan fingerprint density at radius 3 is 2.28 bits per heavy atom. The van der Waals surface area contributed by atoms with E-state index in [9.17, 15) is 22.8 Å². The normalized spacial score (nSPS) is 20.3. The predicted molar refractivity (Wildman–Crippen MR) is 175 cm³/mol. The van der Waals surface area contributed by atoms with Crippen LogP contribution in [0.4, 0.5) is 24.5 Å². The molecule has 0 radical (unpaired) electrons. The largest absolute Gasteiger partial charge is 0.416 e. The SMILES string of the molecule is CC1(C)CC(=O)C2=C(C1)Nc1ccccc1N(CC(=O)N1CCN(C/C=C/c3ccccc3)CC1)C2c1ccc(C(F)(F)F)cc1. The number of fused-ring (bicyclic) bond motifs is 1. The number of piperazine rings is 1. The second kappa shape index (κ2) is 12.8. The Balaban J connectivity index is 1.28. The zero-order valence-electron chi connectivity index (χ0n) is 26.2. The Hall–Kier alpha value is -4.37. The van der Waals surface area contributed by atoms with Gasteiger partial charge in [0.1, 0.15) is 0 Å². The van der Waals surface area contributed by atoms with E-state index in [0.717, 1.165) is 54.4 Å². The van der Waals surface area contributed by atoms with Gasteiger partial charge < -0.3 is 15.1 Å². The maximum absolute atomic E-state index is 14.0. The van der Waals surface area contributed by atoms with Crippen molar-refractivity contribution in [1.82, 2.24) is 9.80 Å². The van der Waals surface area contributed by atoms with Crippen LogP contribution >= 0.6 is 0 Å². The van der Waals surface area contributed by atoms with E-state index >= 15 is 0 Å². The summed E-state index contributed by atoms with van der Waals surface area (Å²) in [5.41, 5.74) is 3.39. The van der Waals surface area contributed by atoms with Crippen molar-refractivity contribution in [2.75, 3.05) is 49.5 Å². The Kier molecular flexibility index (Phi) is 8.79. The molecule has 0 bridgehead atoms. The summed E-state index contributed by atoms with van der Waals surface area (Å²) < 4.78 is 40.6. The summed E-state index contributed by atoms with van der Waals surface area (Å²) in [4.78, 5) is 33.9. The molecular formula is C37H39F3N4O2. The molecule has 2 heterocycles. The van der Waals surface area contributed by atoms with Crippen LogP contribution in [0.25, 0.3) is 6.08 Å². The van der Waals surface area contributed by atoms with Crippen molar-refractivity contribution in [2.45, 2.75) is 38.9 Å². The highest BCUT2D eigenvalue weighted by atomic mass is 19.4. The van der Waals surface area contributed by atoms with Crippen LogP contribution in [0.3, 0.4) is 0 Å². The van der Waals surface area contributed by atoms with Crippen LogP contribution in [-0.4, -0.2) is 60.8 Å². The number of rotatable bonds is 6. The van der Waals surface area contributed by atoms with Crippen LogP contribution in [0, 0.1) is 5.41 Å². The fourth-order valence-corrected chi connectivity index (χ4v) is 6.76. The van der Waals surface area contributed by atoms with Crippen molar-refractivity contribution in [2.24, 2.45) is 5.41 Å². The van der Waals surface area contributed by atoms with Gasteiger partial charge in [0, 0.05) is 50.4 Å². The third-order valence-electron chi connectivity index (χ3n) is 9.06. The highest BCUT2D eigenvalue weighted by Crippen LogP contribution is 2.48. The van der Waals surface area contributed by atoms with Gasteiger partial charge in [0.15, 0.2) is 5.78 Å². The van der Waals surface area contributed by atoms with E-state index in [1.165, 1.54) is 12.1 Å². The van der Waals surface area contributed by atoms with Crippen molar-refractivity contribution >= 4 is 29.1 Å². The molecule has 240 valence electrons. The lowest BCUT2D eigenvalue weighted by molar-refractivity contribution is -0.137. The van der Waals surface area contributed by atoms with Crippen molar-refractivity contribution in [3.63, 3.8) is 0 Å². The van der Waals surface area contributed by atoms with E-state index < -0.39 is 17.8 Å². The first-order valence-corrected chi connectivity index (χ1v) is 15.8. The lowest BCUT2D eigenvalue weighted by Gasteiger charge is -2.39. The first-order valence-electron chi connectivity index (χ1n) is 15.8.